The van der Waals surface area contributed by atoms with Crippen LogP contribution >= 0.6 is 0 Å². The molecule has 1 aliphatic heterocycles. The molecule has 0 saturated heterocycles. The normalized spacial score (nSPS) is 12.4. The predicted molar refractivity (Wildman–Crippen MR) is 251 cm³/mol. The molecule has 0 fully saturated rings. The van der Waals surface area contributed by atoms with Gasteiger partial charge in [0.05, 0.1) is 17.8 Å². The smallest absolute Gasteiger partial charge is 0.0558 e. The van der Waals surface area contributed by atoms with E-state index in [-0.39, 0.29) is 0 Å². The van der Waals surface area contributed by atoms with Gasteiger partial charge < -0.3 is 9.88 Å². The largest absolute Gasteiger partial charge is 0.385 e. The zero-order chi connectivity index (χ0) is 38.9. The third-order valence-corrected chi connectivity index (χ3v) is 12.4. The number of benzene rings is 10. The Bertz CT molecular complexity index is 3490. The average Bonchev–Trinajstić information content (AvgIpc) is 3.64. The summed E-state index contributed by atoms with van der Waals surface area (Å²) in [7, 11) is 0. The molecule has 0 aliphatic carbocycles. The lowest BCUT2D eigenvalue weighted by molar-refractivity contribution is 0.803. The van der Waals surface area contributed by atoms with Gasteiger partial charge in [0.25, 0.3) is 0 Å². The maximum Gasteiger partial charge on any atom is 0.0558 e. The summed E-state index contributed by atoms with van der Waals surface area (Å²) in [5.74, 6) is 0. The fourth-order valence-electron chi connectivity index (χ4n) is 9.78. The lowest BCUT2D eigenvalue weighted by atomic mass is 9.83. The highest BCUT2D eigenvalue weighted by Gasteiger charge is 2.21. The van der Waals surface area contributed by atoms with Crippen molar-refractivity contribution in [1.29, 1.82) is 0 Å². The molecule has 12 rings (SSSR count). The molecular formula is C57H38N2. The molecule has 10 aromatic carbocycles. The first-order valence-electron chi connectivity index (χ1n) is 20.5. The molecule has 1 aromatic heterocycles. The van der Waals surface area contributed by atoms with Crippen molar-refractivity contribution in [2.45, 2.75) is 6.54 Å². The molecule has 0 atom stereocenters. The van der Waals surface area contributed by atoms with Crippen molar-refractivity contribution in [2.75, 3.05) is 0 Å². The van der Waals surface area contributed by atoms with Gasteiger partial charge in [-0.25, -0.2) is 0 Å². The fourth-order valence-corrected chi connectivity index (χ4v) is 9.78. The minimum atomic E-state index is 0.792. The Kier molecular flexibility index (Phi) is 7.64. The first kappa shape index (κ1) is 33.5. The highest BCUT2D eigenvalue weighted by atomic mass is 15.0. The minimum Gasteiger partial charge on any atom is -0.385 e. The summed E-state index contributed by atoms with van der Waals surface area (Å²) in [6, 6.07) is 73.9. The molecule has 0 saturated carbocycles. The van der Waals surface area contributed by atoms with Crippen LogP contribution in [0, 0.1) is 0 Å². The first-order valence-corrected chi connectivity index (χ1v) is 20.5. The number of nitrogens with one attached hydrogen (secondary N) is 1. The van der Waals surface area contributed by atoms with Gasteiger partial charge in [0, 0.05) is 16.6 Å². The van der Waals surface area contributed by atoms with Crippen molar-refractivity contribution in [2.24, 2.45) is 0 Å². The van der Waals surface area contributed by atoms with Gasteiger partial charge in [0.2, 0.25) is 0 Å². The summed E-state index contributed by atoms with van der Waals surface area (Å²) in [5, 5.41) is 14.8. The Balaban J connectivity index is 1.08. The van der Waals surface area contributed by atoms with Gasteiger partial charge >= 0.3 is 0 Å². The standard InChI is InChI=1S/C57H38N2/c1-2-19-43(20-3-1)59-54-30-28-42(34-52(54)46-31-32-58-36-55(46)59)40-18-10-17-39(33-40)41-27-29-51-53(35-41)57(48-26-12-16-38-14-5-7-22-45(38)48)50-24-9-8-23-49(50)56(51)47-25-11-15-37-13-4-6-21-44(37)47/h1-35,58H,36H2. The molecule has 2 nitrogen and oxygen atoms in total. The van der Waals surface area contributed by atoms with Crippen molar-refractivity contribution >= 4 is 60.1 Å². The molecule has 11 aromatic rings. The quantitative estimate of drug-likeness (QED) is 0.173. The monoisotopic (exact) mass is 750 g/mol. The molecule has 0 unspecified atom stereocenters. The molecule has 1 N–H and O–H groups in total. The van der Waals surface area contributed by atoms with E-state index in [1.54, 1.807) is 0 Å². The molecule has 1 aliphatic rings. The van der Waals surface area contributed by atoms with Crippen molar-refractivity contribution in [3.8, 4) is 50.2 Å². The second kappa shape index (κ2) is 13.5. The Hall–Kier alpha value is -7.68. The number of nitrogens with zero attached hydrogens (tertiary/aromatic N) is 1. The van der Waals surface area contributed by atoms with Crippen molar-refractivity contribution in [3.63, 3.8) is 0 Å². The summed E-state index contributed by atoms with van der Waals surface area (Å²) in [6.45, 7) is 0.792. The predicted octanol–water partition coefficient (Wildman–Crippen LogP) is 15.0. The van der Waals surface area contributed by atoms with Crippen LogP contribution < -0.4 is 5.32 Å². The SMILES string of the molecule is C1=Cc2c(n(-c3ccccc3)c3ccc(-c4cccc(-c5ccc6c(-c7cccc8ccccc78)c7ccccc7c(-c7cccc8ccccc78)c6c5)c4)cc23)CN1. The van der Waals surface area contributed by atoms with Crippen LogP contribution in [0.4, 0.5) is 0 Å². The number of hydrogen-bond acceptors (Lipinski definition) is 1. The molecule has 0 amide bonds. The lowest BCUT2D eigenvalue weighted by Gasteiger charge is -2.20. The topological polar surface area (TPSA) is 17.0 Å². The summed E-state index contributed by atoms with van der Waals surface area (Å²) < 4.78 is 2.40. The second-order valence-electron chi connectivity index (χ2n) is 15.7. The van der Waals surface area contributed by atoms with Crippen LogP contribution in [0.3, 0.4) is 0 Å². The van der Waals surface area contributed by atoms with Crippen LogP contribution in [-0.2, 0) is 6.54 Å². The summed E-state index contributed by atoms with van der Waals surface area (Å²) in [4.78, 5) is 0. The van der Waals surface area contributed by atoms with Crippen LogP contribution in [0.15, 0.2) is 206 Å². The molecule has 276 valence electrons. The molecule has 59 heavy (non-hydrogen) atoms. The fraction of sp³-hybridized carbons (Fsp3) is 0.0175. The number of hydrogen-bond donors (Lipinski definition) is 1. The minimum absolute atomic E-state index is 0.792. The Labute approximate surface area is 342 Å². The number of para-hydroxylation sites is 1. The van der Waals surface area contributed by atoms with Crippen LogP contribution in [0.25, 0.3) is 110 Å². The lowest BCUT2D eigenvalue weighted by Crippen LogP contribution is -2.13. The van der Waals surface area contributed by atoms with Crippen molar-refractivity contribution in [1.82, 2.24) is 9.88 Å². The van der Waals surface area contributed by atoms with Gasteiger partial charge in [-0.1, -0.05) is 164 Å². The maximum absolute atomic E-state index is 3.45. The van der Waals surface area contributed by atoms with Crippen LogP contribution in [0.5, 0.6) is 0 Å². The van der Waals surface area contributed by atoms with Gasteiger partial charge in [-0.05, 0) is 136 Å². The third-order valence-electron chi connectivity index (χ3n) is 12.4. The molecule has 0 radical (unpaired) electrons. The Morgan fingerprint density at radius 1 is 0.373 bits per heavy atom. The van der Waals surface area contributed by atoms with Crippen LogP contribution in [0.2, 0.25) is 0 Å². The zero-order valence-electron chi connectivity index (χ0n) is 32.4. The van der Waals surface area contributed by atoms with E-state index >= 15 is 0 Å². The van der Waals surface area contributed by atoms with Gasteiger partial charge in [0.1, 0.15) is 0 Å². The second-order valence-corrected chi connectivity index (χ2v) is 15.7. The van der Waals surface area contributed by atoms with E-state index in [2.05, 4.69) is 222 Å². The highest BCUT2D eigenvalue weighted by molar-refractivity contribution is 6.25. The van der Waals surface area contributed by atoms with Crippen molar-refractivity contribution in [3.05, 3.63) is 218 Å². The number of rotatable bonds is 5. The van der Waals surface area contributed by atoms with Gasteiger partial charge in [0.15, 0.2) is 0 Å². The van der Waals surface area contributed by atoms with Crippen molar-refractivity contribution < 1.29 is 0 Å². The van der Waals surface area contributed by atoms with Gasteiger partial charge in [-0.2, -0.15) is 0 Å². The van der Waals surface area contributed by atoms with E-state index in [0.29, 0.717) is 0 Å². The van der Waals surface area contributed by atoms with Gasteiger partial charge in [-0.3, -0.25) is 0 Å². The van der Waals surface area contributed by atoms with E-state index in [4.69, 9.17) is 0 Å². The van der Waals surface area contributed by atoms with E-state index in [1.807, 2.05) is 0 Å². The third kappa shape index (κ3) is 5.34. The summed E-state index contributed by atoms with van der Waals surface area (Å²) >= 11 is 0. The molecule has 0 spiro atoms. The van der Waals surface area contributed by atoms with E-state index < -0.39 is 0 Å². The number of fused-ring (bicyclic) bond motifs is 7. The maximum atomic E-state index is 3.45. The first-order chi connectivity index (χ1) is 29.3. The summed E-state index contributed by atoms with van der Waals surface area (Å²) in [6.07, 6.45) is 4.30. The van der Waals surface area contributed by atoms with E-state index in [1.165, 1.54) is 115 Å². The van der Waals surface area contributed by atoms with Gasteiger partial charge in [-0.15, -0.1) is 0 Å². The molecule has 2 heterocycles. The molecule has 2 heteroatoms. The summed E-state index contributed by atoms with van der Waals surface area (Å²) in [5.41, 5.74) is 14.8. The number of aromatic nitrogens is 1. The molecule has 0 bridgehead atoms. The zero-order valence-corrected chi connectivity index (χ0v) is 32.4. The van der Waals surface area contributed by atoms with Crippen LogP contribution in [0.1, 0.15) is 11.3 Å². The van der Waals surface area contributed by atoms with Crippen LogP contribution in [-0.4, -0.2) is 4.57 Å². The van der Waals surface area contributed by atoms with E-state index in [0.717, 1.165) is 6.54 Å². The average molecular weight is 751 g/mol. The van der Waals surface area contributed by atoms with E-state index in [9.17, 15) is 0 Å². The highest BCUT2D eigenvalue weighted by Crippen LogP contribution is 2.48. The Morgan fingerprint density at radius 3 is 1.56 bits per heavy atom. The molecular weight excluding hydrogens is 713 g/mol. The Morgan fingerprint density at radius 2 is 0.881 bits per heavy atom.